The van der Waals surface area contributed by atoms with Crippen LogP contribution in [-0.4, -0.2) is 45.3 Å². The van der Waals surface area contributed by atoms with Crippen molar-refractivity contribution in [3.63, 3.8) is 0 Å². The highest BCUT2D eigenvalue weighted by Crippen LogP contribution is 2.18. The Bertz CT molecular complexity index is 492. The first-order valence-electron chi connectivity index (χ1n) is 6.91. The lowest BCUT2D eigenvalue weighted by atomic mass is 10.1. The lowest BCUT2D eigenvalue weighted by Gasteiger charge is -2.27. The highest BCUT2D eigenvalue weighted by atomic mass is 32.2. The molecule has 1 amide bonds. The molecule has 20 heavy (non-hydrogen) atoms. The van der Waals surface area contributed by atoms with Gasteiger partial charge in [0.15, 0.2) is 0 Å². The number of rotatable bonds is 5. The van der Waals surface area contributed by atoms with Crippen LogP contribution in [0, 0.1) is 0 Å². The Morgan fingerprint density at radius 1 is 1.35 bits per heavy atom. The maximum Gasteiger partial charge on any atom is 0.241 e. The van der Waals surface area contributed by atoms with E-state index in [1.807, 2.05) is 49.1 Å². The van der Waals surface area contributed by atoms with Crippen LogP contribution < -0.4 is 5.32 Å². The fourth-order valence-electron chi connectivity index (χ4n) is 2.83. The smallest absolute Gasteiger partial charge is 0.241 e. The lowest BCUT2D eigenvalue weighted by Crippen LogP contribution is -2.44. The van der Waals surface area contributed by atoms with E-state index in [-0.39, 0.29) is 24.2 Å². The molecule has 1 heterocycles. The second-order valence-corrected chi connectivity index (χ2v) is 6.90. The zero-order valence-electron chi connectivity index (χ0n) is 12.2. The van der Waals surface area contributed by atoms with Crippen molar-refractivity contribution in [2.24, 2.45) is 0 Å². The van der Waals surface area contributed by atoms with Crippen LogP contribution in [0.25, 0.3) is 0 Å². The number of benzene rings is 1. The largest absolute Gasteiger partial charge is 0.322 e. The third kappa shape index (κ3) is 3.46. The maximum absolute atomic E-state index is 12.5. The molecular formula is C15H22N2O2S. The number of carbonyl (C=O) groups excluding carboxylic acids is 1. The van der Waals surface area contributed by atoms with Gasteiger partial charge in [-0.05, 0) is 25.8 Å². The van der Waals surface area contributed by atoms with Gasteiger partial charge in [-0.3, -0.25) is 14.3 Å². The van der Waals surface area contributed by atoms with E-state index in [0.29, 0.717) is 12.2 Å². The van der Waals surface area contributed by atoms with E-state index in [1.165, 1.54) is 0 Å². The van der Waals surface area contributed by atoms with Gasteiger partial charge in [0.25, 0.3) is 0 Å². The van der Waals surface area contributed by atoms with E-state index in [1.54, 1.807) is 6.26 Å². The van der Waals surface area contributed by atoms with Crippen molar-refractivity contribution in [1.82, 2.24) is 10.2 Å². The van der Waals surface area contributed by atoms with Gasteiger partial charge in [0.05, 0.1) is 12.2 Å². The maximum atomic E-state index is 12.5. The average molecular weight is 294 g/mol. The van der Waals surface area contributed by atoms with Crippen molar-refractivity contribution >= 4 is 16.7 Å². The summed E-state index contributed by atoms with van der Waals surface area (Å²) in [4.78, 5) is 14.3. The molecule has 0 saturated carbocycles. The summed E-state index contributed by atoms with van der Waals surface area (Å²) in [6.07, 6.45) is 2.37. The topological polar surface area (TPSA) is 49.4 Å². The summed E-state index contributed by atoms with van der Waals surface area (Å²) in [5, 5.41) is 3.33. The van der Waals surface area contributed by atoms with E-state index in [0.717, 1.165) is 5.56 Å². The van der Waals surface area contributed by atoms with Crippen LogP contribution in [-0.2, 0) is 22.0 Å². The molecule has 1 N–H and O–H groups in total. The molecule has 4 atom stereocenters. The monoisotopic (exact) mass is 294 g/mol. The minimum absolute atomic E-state index is 0.00314. The number of amides is 1. The van der Waals surface area contributed by atoms with Gasteiger partial charge in [-0.25, -0.2) is 0 Å². The molecule has 0 spiro atoms. The quantitative estimate of drug-likeness (QED) is 0.886. The van der Waals surface area contributed by atoms with Crippen LogP contribution in [0.4, 0.5) is 0 Å². The Kier molecular flexibility index (Phi) is 4.94. The summed E-state index contributed by atoms with van der Waals surface area (Å²) in [5.74, 6) is 0.634. The SMILES string of the molecule is CC(CS(C)=O)N1C(=O)C(Cc2ccccc2)NC1C. The summed E-state index contributed by atoms with van der Waals surface area (Å²) in [7, 11) is -0.892. The van der Waals surface area contributed by atoms with Gasteiger partial charge in [-0.15, -0.1) is 0 Å². The molecule has 2 rings (SSSR count). The molecule has 1 aliphatic heterocycles. The molecule has 0 bridgehead atoms. The van der Waals surface area contributed by atoms with Crippen molar-refractivity contribution < 1.29 is 9.00 Å². The molecule has 1 aliphatic rings. The van der Waals surface area contributed by atoms with Crippen LogP contribution in [0.5, 0.6) is 0 Å². The van der Waals surface area contributed by atoms with Gasteiger partial charge < -0.3 is 4.90 Å². The van der Waals surface area contributed by atoms with Gasteiger partial charge in [0.2, 0.25) is 5.91 Å². The minimum atomic E-state index is -0.892. The molecule has 110 valence electrons. The fraction of sp³-hybridized carbons (Fsp3) is 0.533. The van der Waals surface area contributed by atoms with Crippen molar-refractivity contribution in [2.45, 2.75) is 38.5 Å². The van der Waals surface area contributed by atoms with E-state index in [9.17, 15) is 9.00 Å². The highest BCUT2D eigenvalue weighted by Gasteiger charge is 2.38. The van der Waals surface area contributed by atoms with Crippen LogP contribution in [0.2, 0.25) is 0 Å². The minimum Gasteiger partial charge on any atom is -0.322 e. The van der Waals surface area contributed by atoms with Crippen LogP contribution in [0.15, 0.2) is 30.3 Å². The van der Waals surface area contributed by atoms with Crippen molar-refractivity contribution in [1.29, 1.82) is 0 Å². The van der Waals surface area contributed by atoms with Crippen LogP contribution in [0.3, 0.4) is 0 Å². The van der Waals surface area contributed by atoms with E-state index < -0.39 is 10.8 Å². The van der Waals surface area contributed by atoms with Crippen molar-refractivity contribution in [2.75, 3.05) is 12.0 Å². The van der Waals surface area contributed by atoms with Gasteiger partial charge in [0.1, 0.15) is 0 Å². The second kappa shape index (κ2) is 6.50. The first-order chi connectivity index (χ1) is 9.49. The molecule has 0 radical (unpaired) electrons. The summed E-state index contributed by atoms with van der Waals surface area (Å²) >= 11 is 0. The Labute approximate surface area is 123 Å². The van der Waals surface area contributed by atoms with Crippen molar-refractivity contribution in [3.8, 4) is 0 Å². The van der Waals surface area contributed by atoms with E-state index in [4.69, 9.17) is 0 Å². The molecule has 5 heteroatoms. The molecule has 0 aliphatic carbocycles. The highest BCUT2D eigenvalue weighted by molar-refractivity contribution is 7.84. The third-order valence-electron chi connectivity index (χ3n) is 3.65. The fourth-order valence-corrected chi connectivity index (χ4v) is 3.67. The number of hydrogen-bond donors (Lipinski definition) is 1. The predicted octanol–water partition coefficient (Wildman–Crippen LogP) is 1.14. The van der Waals surface area contributed by atoms with Gasteiger partial charge in [-0.2, -0.15) is 0 Å². The summed E-state index contributed by atoms with van der Waals surface area (Å²) in [6, 6.07) is 9.83. The Morgan fingerprint density at radius 2 is 2.00 bits per heavy atom. The summed E-state index contributed by atoms with van der Waals surface area (Å²) in [6.45, 7) is 3.94. The summed E-state index contributed by atoms with van der Waals surface area (Å²) < 4.78 is 11.3. The normalized spacial score (nSPS) is 25.8. The number of carbonyl (C=O) groups is 1. The number of hydrogen-bond acceptors (Lipinski definition) is 3. The van der Waals surface area contributed by atoms with Crippen molar-refractivity contribution in [3.05, 3.63) is 35.9 Å². The first-order valence-corrected chi connectivity index (χ1v) is 8.64. The average Bonchev–Trinajstić information content (AvgIpc) is 2.65. The third-order valence-corrected chi connectivity index (χ3v) is 4.60. The van der Waals surface area contributed by atoms with Crippen LogP contribution in [0.1, 0.15) is 19.4 Å². The van der Waals surface area contributed by atoms with E-state index >= 15 is 0 Å². The molecular weight excluding hydrogens is 272 g/mol. The number of nitrogens with zero attached hydrogens (tertiary/aromatic N) is 1. The molecule has 0 aromatic heterocycles. The van der Waals surface area contributed by atoms with Gasteiger partial charge >= 0.3 is 0 Å². The zero-order valence-corrected chi connectivity index (χ0v) is 13.0. The summed E-state index contributed by atoms with van der Waals surface area (Å²) in [5.41, 5.74) is 1.15. The van der Waals surface area contributed by atoms with Crippen LogP contribution >= 0.6 is 0 Å². The molecule has 4 unspecified atom stereocenters. The molecule has 1 aromatic carbocycles. The molecule has 1 fully saturated rings. The number of nitrogens with one attached hydrogen (secondary N) is 1. The standard InChI is InChI=1S/C15H22N2O2S/c1-11(10-20(3)19)17-12(2)16-14(15(17)18)9-13-7-5-4-6-8-13/h4-8,11-12,14,16H,9-10H2,1-3H3. The molecule has 1 saturated heterocycles. The molecule has 4 nitrogen and oxygen atoms in total. The zero-order chi connectivity index (χ0) is 14.7. The molecule has 1 aromatic rings. The Morgan fingerprint density at radius 3 is 2.60 bits per heavy atom. The van der Waals surface area contributed by atoms with Gasteiger partial charge in [-0.1, -0.05) is 30.3 Å². The Balaban J connectivity index is 2.05. The van der Waals surface area contributed by atoms with E-state index in [2.05, 4.69) is 5.32 Å². The Hall–Kier alpha value is -1.20. The van der Waals surface area contributed by atoms with Gasteiger partial charge in [0, 0.05) is 28.9 Å². The second-order valence-electron chi connectivity index (χ2n) is 5.42. The lowest BCUT2D eigenvalue weighted by molar-refractivity contribution is -0.131. The first kappa shape index (κ1) is 15.2. The predicted molar refractivity (Wildman–Crippen MR) is 81.8 cm³/mol.